The second kappa shape index (κ2) is 16.6. The maximum Gasteiger partial charge on any atom is 1.00 e. The number of nitrogen functional groups attached to an aromatic ring is 1. The monoisotopic (exact) mass is 641 g/mol. The Morgan fingerprint density at radius 3 is 2.35 bits per heavy atom. The molecule has 0 spiro atoms. The average molecular weight is 641 g/mol. The van der Waals surface area contributed by atoms with Crippen LogP contribution in [0.4, 0.5) is 5.95 Å². The van der Waals surface area contributed by atoms with Crippen LogP contribution in [-0.4, -0.2) is 56.7 Å². The van der Waals surface area contributed by atoms with Crippen molar-refractivity contribution in [3.05, 3.63) is 16.7 Å². The van der Waals surface area contributed by atoms with Crippen molar-refractivity contribution in [1.82, 2.24) is 19.5 Å². The third kappa shape index (κ3) is 11.5. The molecular formula is C11H14N5Na4O13P3S. The van der Waals surface area contributed by atoms with E-state index >= 15 is 0 Å². The van der Waals surface area contributed by atoms with Gasteiger partial charge in [-0.05, 0) is 0 Å². The van der Waals surface area contributed by atoms with Crippen LogP contribution in [0, 0.1) is 0 Å². The number of hydrogen-bond acceptors (Lipinski definition) is 17. The van der Waals surface area contributed by atoms with E-state index in [9.17, 15) is 38.6 Å². The van der Waals surface area contributed by atoms with Crippen molar-refractivity contribution in [2.24, 2.45) is 0 Å². The van der Waals surface area contributed by atoms with Crippen molar-refractivity contribution in [1.29, 1.82) is 0 Å². The van der Waals surface area contributed by atoms with E-state index in [1.807, 2.05) is 0 Å². The molecule has 0 bridgehead atoms. The molecule has 2 aromatic heterocycles. The molecule has 1 aliphatic rings. The molecule has 26 heteroatoms. The topological polar surface area (TPSA) is 282 Å². The summed E-state index contributed by atoms with van der Waals surface area (Å²) in [5.41, 5.74) is 4.78. The van der Waals surface area contributed by atoms with Crippen LogP contribution in [0.5, 0.6) is 0 Å². The van der Waals surface area contributed by atoms with E-state index in [1.165, 1.54) is 11.7 Å². The predicted molar refractivity (Wildman–Crippen MR) is 101 cm³/mol. The van der Waals surface area contributed by atoms with E-state index in [0.29, 0.717) is 0 Å². The summed E-state index contributed by atoms with van der Waals surface area (Å²) in [5, 5.41) is 10.5. The fourth-order valence-electron chi connectivity index (χ4n) is 2.91. The number of anilines is 1. The molecule has 4 N–H and O–H groups in total. The molecular weight excluding hydrogens is 627 g/mol. The van der Waals surface area contributed by atoms with E-state index in [1.54, 1.807) is 0 Å². The number of aromatic amines is 1. The Balaban J connectivity index is 0. The van der Waals surface area contributed by atoms with Gasteiger partial charge in [-0.2, -0.15) is 4.98 Å². The van der Waals surface area contributed by atoms with E-state index in [-0.39, 0.29) is 135 Å². The van der Waals surface area contributed by atoms with Gasteiger partial charge in [0.15, 0.2) is 17.4 Å². The average Bonchev–Trinajstić information content (AvgIpc) is 3.17. The zero-order chi connectivity index (χ0) is 24.8. The standard InChI is InChI=1S/C11H18N5O13P3S.4Na/c1-25-7-6(17)4(2-26-32(24,33)29-31(22,23)28-30(19,20)21)27-10(7)16-3-13-5-8(16)14-11(12)15-9(5)18;;;;/h3-4,6-7,10,17H,2H2,1H3,(H,22,23)(H,24,33)(H2,19,20,21)(H3,12,14,15,18);;;;/q;4*+1/p-4/t4-,6-,7-,10-,32?;;;;/m1..../s1. The third-order valence-corrected chi connectivity index (χ3v) is 8.69. The number of nitrogens with two attached hydrogens (primary N) is 1. The molecule has 6 atom stereocenters. The second-order valence-corrected chi connectivity index (χ2v) is 11.9. The molecule has 186 valence electrons. The molecule has 0 saturated carbocycles. The smallest absolute Gasteiger partial charge is 0.790 e. The summed E-state index contributed by atoms with van der Waals surface area (Å²) in [6.07, 6.45) is -3.96. The maximum atomic E-state index is 12.1. The van der Waals surface area contributed by atoms with Gasteiger partial charge in [-0.15, -0.1) is 0 Å². The van der Waals surface area contributed by atoms with E-state index in [2.05, 4.69) is 39.9 Å². The number of aromatic nitrogens is 4. The SMILES string of the molecule is CO[C@@H]1[C@H](O)[C@@H](COP([O-])(=S)OP(=O)([O-])OP(=O)([O-])[O-])O[C@H]1n1cnc2c(=O)[nH]c(N)nc21.[Na+].[Na+].[Na+].[Na+]. The molecule has 2 unspecified atom stereocenters. The molecule has 2 aromatic rings. The minimum Gasteiger partial charge on any atom is -0.790 e. The summed E-state index contributed by atoms with van der Waals surface area (Å²) in [7, 11) is -10.8. The van der Waals surface area contributed by atoms with Crippen LogP contribution in [0.2, 0.25) is 0 Å². The molecule has 3 heterocycles. The van der Waals surface area contributed by atoms with Gasteiger partial charge in [0, 0.05) is 7.11 Å². The van der Waals surface area contributed by atoms with Crippen LogP contribution in [0.1, 0.15) is 6.23 Å². The Hall–Kier alpha value is 2.86. The van der Waals surface area contributed by atoms with Gasteiger partial charge in [0.2, 0.25) is 5.95 Å². The van der Waals surface area contributed by atoms with Crippen molar-refractivity contribution in [2.75, 3.05) is 19.5 Å². The van der Waals surface area contributed by atoms with Crippen molar-refractivity contribution in [2.45, 2.75) is 24.5 Å². The largest absolute Gasteiger partial charge is 1.00 e. The van der Waals surface area contributed by atoms with E-state index < -0.39 is 59.1 Å². The Labute approximate surface area is 302 Å². The van der Waals surface area contributed by atoms with Crippen LogP contribution in [0.25, 0.3) is 11.2 Å². The number of nitrogens with zero attached hydrogens (tertiary/aromatic N) is 3. The van der Waals surface area contributed by atoms with E-state index in [0.717, 1.165) is 6.33 Å². The summed E-state index contributed by atoms with van der Waals surface area (Å²) in [4.78, 5) is 66.3. The predicted octanol–water partition coefficient (Wildman–Crippen LogP) is -16.1. The van der Waals surface area contributed by atoms with Crippen molar-refractivity contribution < 1.29 is 175 Å². The summed E-state index contributed by atoms with van der Waals surface area (Å²) in [5.74, 6) is -0.226. The number of methoxy groups -OCH3 is 1. The molecule has 18 nitrogen and oxygen atoms in total. The van der Waals surface area contributed by atoms with Gasteiger partial charge in [-0.3, -0.25) is 27.5 Å². The molecule has 1 aliphatic heterocycles. The summed E-state index contributed by atoms with van der Waals surface area (Å²) >= 11 is 4.33. The van der Waals surface area contributed by atoms with Gasteiger partial charge in [0.05, 0.1) is 20.8 Å². The Kier molecular flexibility index (Phi) is 18.9. The van der Waals surface area contributed by atoms with E-state index in [4.69, 9.17) is 15.2 Å². The number of ether oxygens (including phenoxy) is 2. The quantitative estimate of drug-likeness (QED) is 0.169. The minimum atomic E-state index is -6.05. The molecule has 0 radical (unpaired) electrons. The number of nitrogens with one attached hydrogen (secondary N) is 1. The first-order valence-corrected chi connectivity index (χ1v) is 13.9. The number of rotatable bonds is 9. The molecule has 37 heavy (non-hydrogen) atoms. The van der Waals surface area contributed by atoms with Crippen molar-refractivity contribution in [3.8, 4) is 0 Å². The zero-order valence-corrected chi connectivity index (χ0v) is 31.6. The Bertz CT molecular complexity index is 1250. The first-order chi connectivity index (χ1) is 15.1. The Morgan fingerprint density at radius 2 is 1.81 bits per heavy atom. The van der Waals surface area contributed by atoms with Crippen molar-refractivity contribution >= 4 is 51.3 Å². The first-order valence-electron chi connectivity index (χ1n) is 8.42. The summed E-state index contributed by atoms with van der Waals surface area (Å²) in [6.45, 7) is -5.82. The van der Waals surface area contributed by atoms with Crippen molar-refractivity contribution in [3.63, 3.8) is 0 Å². The normalized spacial score (nSPS) is 24.5. The fourth-order valence-corrected chi connectivity index (χ4v) is 6.69. The second-order valence-electron chi connectivity index (χ2n) is 6.33. The van der Waals surface area contributed by atoms with Gasteiger partial charge in [0.1, 0.15) is 25.0 Å². The zero-order valence-electron chi connectivity index (χ0n) is 20.1. The number of fused-ring (bicyclic) bond motifs is 1. The number of H-pyrrole nitrogens is 1. The number of imidazole rings is 1. The van der Waals surface area contributed by atoms with Gasteiger partial charge in [-0.1, -0.05) is 11.8 Å². The fraction of sp³-hybridized carbons (Fsp3) is 0.545. The number of hydrogen-bond donors (Lipinski definition) is 3. The van der Waals surface area contributed by atoms with Gasteiger partial charge in [-0.25, -0.2) is 4.98 Å². The number of aliphatic hydroxyl groups excluding tert-OH is 1. The molecule has 3 rings (SSSR count). The molecule has 1 fully saturated rings. The summed E-state index contributed by atoms with van der Waals surface area (Å²) in [6, 6.07) is 0. The first kappa shape index (κ1) is 42.0. The maximum absolute atomic E-state index is 12.1. The van der Waals surface area contributed by atoms with Gasteiger partial charge < -0.3 is 49.0 Å². The van der Waals surface area contributed by atoms with Crippen LogP contribution in [0.15, 0.2) is 11.1 Å². The Morgan fingerprint density at radius 1 is 1.22 bits per heavy atom. The molecule has 0 aliphatic carbocycles. The van der Waals surface area contributed by atoms with Crippen LogP contribution < -0.4 is 149 Å². The van der Waals surface area contributed by atoms with Crippen LogP contribution >= 0.6 is 22.4 Å². The third-order valence-electron chi connectivity index (χ3n) is 4.11. The molecule has 0 amide bonds. The molecule has 1 saturated heterocycles. The molecule has 0 aromatic carbocycles. The number of phosphoric acid groups is 2. The van der Waals surface area contributed by atoms with Gasteiger partial charge in [0.25, 0.3) is 13.4 Å². The van der Waals surface area contributed by atoms with Crippen LogP contribution in [-0.2, 0) is 43.6 Å². The summed E-state index contributed by atoms with van der Waals surface area (Å²) < 4.78 is 45.5. The number of aliphatic hydroxyl groups is 1. The van der Waals surface area contributed by atoms with Crippen LogP contribution in [0.3, 0.4) is 0 Å². The minimum absolute atomic E-state index is 0. The van der Waals surface area contributed by atoms with Gasteiger partial charge >= 0.3 is 118 Å².